The first kappa shape index (κ1) is 32.8. The Balaban J connectivity index is 1.75. The number of ether oxygens (including phenoxy) is 3. The highest BCUT2D eigenvalue weighted by atomic mass is 16.6. The zero-order valence-corrected chi connectivity index (χ0v) is 25.2. The molecule has 0 unspecified atom stereocenters. The van der Waals surface area contributed by atoms with E-state index in [1.807, 2.05) is 4.90 Å². The van der Waals surface area contributed by atoms with Crippen molar-refractivity contribution in [2.75, 3.05) is 33.4 Å². The van der Waals surface area contributed by atoms with Gasteiger partial charge in [0.05, 0.1) is 18.5 Å². The van der Waals surface area contributed by atoms with Crippen molar-refractivity contribution in [3.8, 4) is 11.1 Å². The Morgan fingerprint density at radius 1 is 0.953 bits per heavy atom. The lowest BCUT2D eigenvalue weighted by Gasteiger charge is -2.32. The highest BCUT2D eigenvalue weighted by Crippen LogP contribution is 2.25. The van der Waals surface area contributed by atoms with Crippen LogP contribution in [0.1, 0.15) is 66.8 Å². The maximum atomic E-state index is 13.2. The number of carbonyl (C=O) groups is 4. The molecule has 0 spiro atoms. The third kappa shape index (κ3) is 9.66. The molecule has 2 aromatic carbocycles. The fourth-order valence-corrected chi connectivity index (χ4v) is 4.58. The van der Waals surface area contributed by atoms with E-state index in [-0.39, 0.29) is 35.4 Å². The average molecular weight is 594 g/mol. The lowest BCUT2D eigenvalue weighted by atomic mass is 9.96. The van der Waals surface area contributed by atoms with Crippen LogP contribution >= 0.6 is 0 Å². The number of amidine groups is 2. The molecule has 4 N–H and O–H groups in total. The number of hydrogen-bond acceptors (Lipinski definition) is 9. The van der Waals surface area contributed by atoms with Crippen molar-refractivity contribution < 1.29 is 33.4 Å². The molecular weight excluding hydrogens is 554 g/mol. The molecule has 1 fully saturated rings. The molecule has 0 saturated carbocycles. The summed E-state index contributed by atoms with van der Waals surface area (Å²) >= 11 is 0. The summed E-state index contributed by atoms with van der Waals surface area (Å²) < 4.78 is 15.1. The van der Waals surface area contributed by atoms with Crippen LogP contribution in [0.25, 0.3) is 11.1 Å². The Hall–Kier alpha value is -4.74. The standard InChI is InChI=1S/C31H39N5O7/c1-19(32)36-11-9-21(10-12-36)17-34-28(38)25-14-24(15-26(16-25)29(39)41-5)22-7-6-8-23(13-22)27(33)35-30(40)43-31(3,4)18-42-20(2)37/h6-8,13-16,21,32H,9-12,17-18H2,1-5H3,(H,34,38)(H2,33,35,40). The van der Waals surface area contributed by atoms with Gasteiger partial charge in [-0.2, -0.15) is 0 Å². The van der Waals surface area contributed by atoms with Crippen LogP contribution in [0.15, 0.2) is 42.5 Å². The molecule has 230 valence electrons. The van der Waals surface area contributed by atoms with Crippen LogP contribution in [0.3, 0.4) is 0 Å². The van der Waals surface area contributed by atoms with E-state index in [2.05, 4.69) is 10.6 Å². The second-order valence-corrected chi connectivity index (χ2v) is 11.0. The van der Waals surface area contributed by atoms with Crippen molar-refractivity contribution in [3.63, 3.8) is 0 Å². The molecule has 2 amide bonds. The molecule has 2 aromatic rings. The van der Waals surface area contributed by atoms with Crippen LogP contribution in [0.4, 0.5) is 4.79 Å². The largest absolute Gasteiger partial charge is 0.465 e. The number of carbonyl (C=O) groups excluding carboxylic acids is 4. The number of methoxy groups -OCH3 is 1. The first-order valence-corrected chi connectivity index (χ1v) is 13.9. The Morgan fingerprint density at radius 3 is 2.23 bits per heavy atom. The number of likely N-dealkylation sites (tertiary alicyclic amines) is 1. The molecule has 0 aromatic heterocycles. The maximum absolute atomic E-state index is 13.2. The molecular formula is C31H39N5O7. The number of alkyl carbamates (subject to hydrolysis) is 1. The van der Waals surface area contributed by atoms with Gasteiger partial charge in [-0.3, -0.25) is 25.7 Å². The summed E-state index contributed by atoms with van der Waals surface area (Å²) in [6, 6.07) is 11.4. The third-order valence-electron chi connectivity index (χ3n) is 6.96. The van der Waals surface area contributed by atoms with Gasteiger partial charge in [-0.05, 0) is 74.9 Å². The van der Waals surface area contributed by atoms with Gasteiger partial charge in [-0.15, -0.1) is 0 Å². The smallest absolute Gasteiger partial charge is 0.413 e. The number of nitrogens with zero attached hydrogens (tertiary/aromatic N) is 1. The van der Waals surface area contributed by atoms with Gasteiger partial charge in [0.15, 0.2) is 0 Å². The monoisotopic (exact) mass is 593 g/mol. The fourth-order valence-electron chi connectivity index (χ4n) is 4.58. The number of piperidine rings is 1. The number of amides is 2. The first-order chi connectivity index (χ1) is 20.3. The van der Waals surface area contributed by atoms with Gasteiger partial charge in [0.1, 0.15) is 18.0 Å². The second-order valence-electron chi connectivity index (χ2n) is 11.0. The molecule has 12 heteroatoms. The van der Waals surface area contributed by atoms with E-state index in [1.165, 1.54) is 20.1 Å². The number of rotatable bonds is 9. The normalized spacial score (nSPS) is 13.5. The van der Waals surface area contributed by atoms with Crippen molar-refractivity contribution in [1.29, 1.82) is 10.8 Å². The number of benzene rings is 2. The number of hydrogen-bond donors (Lipinski definition) is 4. The van der Waals surface area contributed by atoms with Gasteiger partial charge in [0.25, 0.3) is 5.91 Å². The number of esters is 2. The Kier molecular flexibility index (Phi) is 11.0. The summed E-state index contributed by atoms with van der Waals surface area (Å²) in [5, 5.41) is 21.5. The van der Waals surface area contributed by atoms with E-state index in [4.69, 9.17) is 25.0 Å². The van der Waals surface area contributed by atoms with Gasteiger partial charge in [-0.25, -0.2) is 9.59 Å². The first-order valence-electron chi connectivity index (χ1n) is 13.9. The quantitative estimate of drug-likeness (QED) is 0.146. The summed E-state index contributed by atoms with van der Waals surface area (Å²) in [6.07, 6.45) is 0.847. The van der Waals surface area contributed by atoms with Crippen molar-refractivity contribution in [1.82, 2.24) is 15.5 Å². The van der Waals surface area contributed by atoms with E-state index in [9.17, 15) is 19.2 Å². The van der Waals surface area contributed by atoms with E-state index in [1.54, 1.807) is 57.2 Å². The van der Waals surface area contributed by atoms with Crippen LogP contribution in [0.2, 0.25) is 0 Å². The molecule has 43 heavy (non-hydrogen) atoms. The van der Waals surface area contributed by atoms with Gasteiger partial charge >= 0.3 is 18.0 Å². The highest BCUT2D eigenvalue weighted by molar-refractivity contribution is 6.05. The van der Waals surface area contributed by atoms with Crippen LogP contribution in [0, 0.1) is 16.7 Å². The van der Waals surface area contributed by atoms with E-state index < -0.39 is 23.6 Å². The summed E-state index contributed by atoms with van der Waals surface area (Å²) in [5.74, 6) is -0.838. The van der Waals surface area contributed by atoms with Gasteiger partial charge < -0.3 is 24.4 Å². The lowest BCUT2D eigenvalue weighted by molar-refractivity contribution is -0.147. The summed E-state index contributed by atoms with van der Waals surface area (Å²) in [7, 11) is 1.26. The fraction of sp³-hybridized carbons (Fsp3) is 0.419. The van der Waals surface area contributed by atoms with Gasteiger partial charge in [0, 0.05) is 37.7 Å². The average Bonchev–Trinajstić information content (AvgIpc) is 2.98. The SMILES string of the molecule is COC(=O)c1cc(C(=O)NCC2CCN(C(C)=N)CC2)cc(-c2cccc(C(=N)NC(=O)OC(C)(C)COC(C)=O)c2)c1. The Bertz CT molecular complexity index is 1400. The van der Waals surface area contributed by atoms with Crippen molar-refractivity contribution >= 4 is 35.6 Å². The molecule has 3 rings (SSSR count). The molecule has 1 aliphatic rings. The van der Waals surface area contributed by atoms with Crippen LogP contribution in [-0.2, 0) is 19.0 Å². The molecule has 0 aliphatic carbocycles. The maximum Gasteiger partial charge on any atom is 0.413 e. The predicted molar refractivity (Wildman–Crippen MR) is 160 cm³/mol. The van der Waals surface area contributed by atoms with Crippen LogP contribution in [-0.4, -0.2) is 79.5 Å². The molecule has 1 heterocycles. The molecule has 0 radical (unpaired) electrons. The summed E-state index contributed by atoms with van der Waals surface area (Å²) in [5.41, 5.74) is 0.859. The van der Waals surface area contributed by atoms with E-state index >= 15 is 0 Å². The Morgan fingerprint density at radius 2 is 1.60 bits per heavy atom. The zero-order valence-electron chi connectivity index (χ0n) is 25.2. The highest BCUT2D eigenvalue weighted by Gasteiger charge is 2.26. The van der Waals surface area contributed by atoms with E-state index in [0.29, 0.717) is 29.1 Å². The molecule has 1 saturated heterocycles. The summed E-state index contributed by atoms with van der Waals surface area (Å²) in [6.45, 7) is 8.06. The Labute approximate surface area is 251 Å². The third-order valence-corrected chi connectivity index (χ3v) is 6.96. The molecule has 1 aliphatic heterocycles. The van der Waals surface area contributed by atoms with Crippen LogP contribution < -0.4 is 10.6 Å². The topological polar surface area (TPSA) is 171 Å². The molecule has 0 bridgehead atoms. The minimum atomic E-state index is -1.11. The molecule has 0 atom stereocenters. The number of nitrogens with one attached hydrogen (secondary N) is 4. The van der Waals surface area contributed by atoms with Crippen molar-refractivity contribution in [3.05, 3.63) is 59.2 Å². The second kappa shape index (κ2) is 14.4. The molecule has 12 nitrogen and oxygen atoms in total. The van der Waals surface area contributed by atoms with Gasteiger partial charge in [-0.1, -0.05) is 18.2 Å². The van der Waals surface area contributed by atoms with Crippen LogP contribution in [0.5, 0.6) is 0 Å². The van der Waals surface area contributed by atoms with Crippen molar-refractivity contribution in [2.24, 2.45) is 5.92 Å². The zero-order chi connectivity index (χ0) is 31.7. The van der Waals surface area contributed by atoms with E-state index in [0.717, 1.165) is 25.9 Å². The summed E-state index contributed by atoms with van der Waals surface area (Å²) in [4.78, 5) is 51.1. The minimum absolute atomic E-state index is 0.144. The lowest BCUT2D eigenvalue weighted by Crippen LogP contribution is -2.40. The predicted octanol–water partition coefficient (Wildman–Crippen LogP) is 3.97. The minimum Gasteiger partial charge on any atom is -0.465 e. The van der Waals surface area contributed by atoms with Gasteiger partial charge in [0.2, 0.25) is 0 Å². The van der Waals surface area contributed by atoms with Crippen molar-refractivity contribution in [2.45, 2.75) is 46.1 Å².